The van der Waals surface area contributed by atoms with E-state index in [1.165, 1.54) is 5.06 Å². The highest BCUT2D eigenvalue weighted by molar-refractivity contribution is 6.74. The van der Waals surface area contributed by atoms with Gasteiger partial charge in [-0.15, -0.1) is 0 Å². The molecule has 9 nitrogen and oxygen atoms in total. The van der Waals surface area contributed by atoms with E-state index < -0.39 is 46.1 Å². The van der Waals surface area contributed by atoms with E-state index in [1.54, 1.807) is 19.1 Å². The van der Waals surface area contributed by atoms with Crippen LogP contribution in [-0.2, 0) is 34.6 Å². The van der Waals surface area contributed by atoms with Crippen molar-refractivity contribution in [3.63, 3.8) is 0 Å². The zero-order valence-electron chi connectivity index (χ0n) is 24.8. The maximum atomic E-state index is 13.0. The number of hydrogen-bond acceptors (Lipinski definition) is 8. The molecule has 1 aliphatic carbocycles. The van der Waals surface area contributed by atoms with Crippen molar-refractivity contribution in [1.29, 1.82) is 0 Å². The van der Waals surface area contributed by atoms with Crippen LogP contribution in [0.15, 0.2) is 42.5 Å². The van der Waals surface area contributed by atoms with E-state index in [0.717, 1.165) is 5.56 Å². The van der Waals surface area contributed by atoms with Crippen molar-refractivity contribution in [2.45, 2.75) is 102 Å². The predicted molar refractivity (Wildman–Crippen MR) is 153 cm³/mol. The highest BCUT2D eigenvalue weighted by Gasteiger charge is 2.66. The molecule has 39 heavy (non-hydrogen) atoms. The molecule has 3 rings (SSSR count). The highest BCUT2D eigenvalue weighted by Crippen LogP contribution is 2.49. The number of hydroxylamine groups is 2. The number of carbonyl (C=O) groups excluding carboxylic acids is 2. The first kappa shape index (κ1) is 31.5. The Morgan fingerprint density at radius 3 is 2.21 bits per heavy atom. The van der Waals surface area contributed by atoms with Crippen molar-refractivity contribution in [3.8, 4) is 0 Å². The molecule has 4 atom stereocenters. The number of ether oxygens (including phenoxy) is 2. The molecule has 1 aliphatic heterocycles. The van der Waals surface area contributed by atoms with Crippen LogP contribution in [0.25, 0.3) is 0 Å². The smallest absolute Gasteiger partial charge is 0.435 e. The van der Waals surface area contributed by atoms with Crippen molar-refractivity contribution in [1.82, 2.24) is 5.06 Å². The second kappa shape index (κ2) is 11.5. The van der Waals surface area contributed by atoms with E-state index >= 15 is 0 Å². The van der Waals surface area contributed by atoms with E-state index in [-0.39, 0.29) is 37.2 Å². The molecule has 1 heterocycles. The van der Waals surface area contributed by atoms with Gasteiger partial charge >= 0.3 is 6.16 Å². The molecule has 0 unspecified atom stereocenters. The van der Waals surface area contributed by atoms with Gasteiger partial charge in [0.25, 0.3) is 0 Å². The van der Waals surface area contributed by atoms with Crippen LogP contribution in [-0.4, -0.2) is 75.4 Å². The van der Waals surface area contributed by atoms with E-state index in [1.807, 2.05) is 50.0 Å². The third-order valence-corrected chi connectivity index (χ3v) is 13.0. The minimum absolute atomic E-state index is 0.139. The van der Waals surface area contributed by atoms with E-state index in [0.29, 0.717) is 0 Å². The molecule has 1 aromatic carbocycles. The van der Waals surface area contributed by atoms with Gasteiger partial charge < -0.3 is 23.4 Å². The van der Waals surface area contributed by atoms with Gasteiger partial charge in [-0.05, 0) is 56.3 Å². The van der Waals surface area contributed by atoms with E-state index in [4.69, 9.17) is 23.2 Å². The van der Waals surface area contributed by atoms with Gasteiger partial charge in [-0.25, -0.2) is 9.86 Å². The number of amides is 1. The Hall–Kier alpha value is -2.03. The molecule has 2 aliphatic rings. The molecule has 0 bridgehead atoms. The lowest BCUT2D eigenvalue weighted by molar-refractivity contribution is -0.282. The monoisotopic (exact) mass is 579 g/mol. The van der Waals surface area contributed by atoms with Gasteiger partial charge in [0, 0.05) is 0 Å². The average molecular weight is 580 g/mol. The Morgan fingerprint density at radius 1 is 1.03 bits per heavy atom. The molecule has 1 N–H and O–H groups in total. The van der Waals surface area contributed by atoms with Crippen molar-refractivity contribution in [2.75, 3.05) is 13.2 Å². The summed E-state index contributed by atoms with van der Waals surface area (Å²) in [5.41, 5.74) is -1.79. The number of nitrogens with zero attached hydrogens (tertiary/aromatic N) is 1. The van der Waals surface area contributed by atoms with Crippen LogP contribution >= 0.6 is 0 Å². The lowest BCUT2D eigenvalue weighted by Gasteiger charge is -2.60. The summed E-state index contributed by atoms with van der Waals surface area (Å²) in [7, 11) is -4.78. The molecule has 0 radical (unpaired) electrons. The summed E-state index contributed by atoms with van der Waals surface area (Å²) in [6.45, 7) is 18.3. The first-order chi connectivity index (χ1) is 17.9. The molecule has 1 spiro atoms. The van der Waals surface area contributed by atoms with Crippen LogP contribution in [0.1, 0.15) is 39.7 Å². The topological polar surface area (TPSA) is 104 Å². The Labute approximate surface area is 234 Å². The van der Waals surface area contributed by atoms with E-state index in [2.05, 4.69) is 33.9 Å². The van der Waals surface area contributed by atoms with Crippen molar-refractivity contribution >= 4 is 28.7 Å². The minimum Gasteiger partial charge on any atom is -0.435 e. The van der Waals surface area contributed by atoms with Crippen molar-refractivity contribution < 1.29 is 37.9 Å². The number of benzene rings is 1. The third kappa shape index (κ3) is 7.01. The fourth-order valence-electron chi connectivity index (χ4n) is 4.44. The largest absolute Gasteiger partial charge is 0.508 e. The van der Waals surface area contributed by atoms with Gasteiger partial charge in [0.05, 0.1) is 13.0 Å². The summed E-state index contributed by atoms with van der Waals surface area (Å²) in [6.07, 6.45) is 0.872. The Kier molecular flexibility index (Phi) is 9.25. The summed E-state index contributed by atoms with van der Waals surface area (Å²) < 4.78 is 23.9. The summed E-state index contributed by atoms with van der Waals surface area (Å²) in [5.74, 6) is -0.181. The fraction of sp³-hybridized carbons (Fsp3) is 0.643. The fourth-order valence-corrected chi connectivity index (χ4v) is 6.85. The Bertz CT molecular complexity index is 1050. The van der Waals surface area contributed by atoms with E-state index in [9.17, 15) is 14.7 Å². The van der Waals surface area contributed by atoms with Gasteiger partial charge in [0.15, 0.2) is 16.6 Å². The van der Waals surface area contributed by atoms with Crippen LogP contribution in [0.4, 0.5) is 4.79 Å². The van der Waals surface area contributed by atoms with Gasteiger partial charge in [-0.3, -0.25) is 9.63 Å². The number of β-lactam (4-membered cyclic amide) rings is 1. The molecule has 1 saturated heterocycles. The molecular weight excluding hydrogens is 534 g/mol. The first-order valence-electron chi connectivity index (χ1n) is 13.5. The van der Waals surface area contributed by atoms with Gasteiger partial charge in [0.2, 0.25) is 5.91 Å². The minimum atomic E-state index is -2.51. The second-order valence-electron chi connectivity index (χ2n) is 12.9. The summed E-state index contributed by atoms with van der Waals surface area (Å²) in [6, 6.07) is 9.61. The zero-order chi connectivity index (χ0) is 29.3. The van der Waals surface area contributed by atoms with Crippen LogP contribution in [0.3, 0.4) is 0 Å². The standard InChI is InChI=1S/C28H45NO8Si2/c1-10-33-25(31)34-20-28(32)17-16-27(18-22(30)29(27)35-19-21-14-12-11-13-15-21)23(36-38(5,6)7)24(28)37-39(8,9)26(2,3)4/h11-17,23-24,32H,10,18-20H2,1-9H3/t23-,24+,27+,28-/m1/s1. The normalized spacial score (nSPS) is 27.4. The third-order valence-electron chi connectivity index (χ3n) is 7.55. The van der Waals surface area contributed by atoms with Gasteiger partial charge in [-0.2, -0.15) is 0 Å². The average Bonchev–Trinajstić information content (AvgIpc) is 2.81. The summed E-state index contributed by atoms with van der Waals surface area (Å²) in [4.78, 5) is 31.2. The molecular formula is C28H45NO8Si2. The lowest BCUT2D eigenvalue weighted by atomic mass is 9.70. The predicted octanol–water partition coefficient (Wildman–Crippen LogP) is 5.17. The first-order valence-corrected chi connectivity index (χ1v) is 19.8. The van der Waals surface area contributed by atoms with Gasteiger partial charge in [0.1, 0.15) is 36.6 Å². The Morgan fingerprint density at radius 2 is 1.67 bits per heavy atom. The van der Waals surface area contributed by atoms with Crippen LogP contribution in [0, 0.1) is 0 Å². The van der Waals surface area contributed by atoms with Crippen LogP contribution < -0.4 is 0 Å². The van der Waals surface area contributed by atoms with Crippen LogP contribution in [0.2, 0.25) is 37.8 Å². The molecule has 0 saturated carbocycles. The molecule has 218 valence electrons. The SMILES string of the molecule is CCOC(=O)OC[C@]1(O)C=C[C@]2(CC(=O)N2OCc2ccccc2)[C@H](O[Si](C)(C)C)[C@@H]1O[Si](C)(C)C(C)(C)C. The maximum absolute atomic E-state index is 13.0. The van der Waals surface area contributed by atoms with Crippen molar-refractivity contribution in [2.24, 2.45) is 0 Å². The molecule has 0 aromatic heterocycles. The summed E-state index contributed by atoms with van der Waals surface area (Å²) >= 11 is 0. The van der Waals surface area contributed by atoms with Crippen LogP contribution in [0.5, 0.6) is 0 Å². The second-order valence-corrected chi connectivity index (χ2v) is 22.1. The van der Waals surface area contributed by atoms with Crippen molar-refractivity contribution in [3.05, 3.63) is 48.0 Å². The number of aliphatic hydroxyl groups is 1. The number of hydrogen-bond donors (Lipinski definition) is 1. The van der Waals surface area contributed by atoms with Gasteiger partial charge in [-0.1, -0.05) is 57.2 Å². The lowest BCUT2D eigenvalue weighted by Crippen LogP contribution is -2.77. The number of carbonyl (C=O) groups is 2. The molecule has 1 fully saturated rings. The summed E-state index contributed by atoms with van der Waals surface area (Å²) in [5, 5.41) is 13.2. The highest BCUT2D eigenvalue weighted by atomic mass is 28.4. The number of rotatable bonds is 10. The zero-order valence-corrected chi connectivity index (χ0v) is 26.8. The Balaban J connectivity index is 2.06. The molecule has 1 amide bonds. The maximum Gasteiger partial charge on any atom is 0.508 e. The molecule has 11 heteroatoms. The quantitative estimate of drug-likeness (QED) is 0.175. The molecule has 1 aromatic rings.